The molecular formula is C16H24N4O3. The molecule has 0 saturated carbocycles. The number of nitrogens with zero attached hydrogens (tertiary/aromatic N) is 3. The van der Waals surface area contributed by atoms with E-state index < -0.39 is 0 Å². The van der Waals surface area contributed by atoms with Gasteiger partial charge >= 0.3 is 6.09 Å². The predicted molar refractivity (Wildman–Crippen MR) is 84.5 cm³/mol. The molecule has 23 heavy (non-hydrogen) atoms. The van der Waals surface area contributed by atoms with Crippen LogP contribution in [0, 0.1) is 6.92 Å². The third kappa shape index (κ3) is 3.04. The maximum absolute atomic E-state index is 12.7. The molecule has 1 N–H and O–H groups in total. The number of carbonyl (C=O) groups excluding carboxylic acids is 2. The van der Waals surface area contributed by atoms with Crippen LogP contribution in [0.5, 0.6) is 0 Å². The Bertz CT molecular complexity index is 625. The number of carbonyl (C=O) groups is 2. The van der Waals surface area contributed by atoms with Crippen LogP contribution in [-0.4, -0.2) is 52.4 Å². The van der Waals surface area contributed by atoms with E-state index in [1.54, 1.807) is 4.90 Å². The number of nitrogens with one attached hydrogen (secondary N) is 1. The standard InChI is InChI=1S/C16H24N4O3/c1-10(9-19-7-8-23-16(19)22)17-15(21)14-12(3)18-20-11(2)5-4-6-13(14)20/h10-11H,4-9H2,1-3H3,(H,17,21). The molecular weight excluding hydrogens is 296 g/mol. The number of aromatic nitrogens is 2. The first-order valence-electron chi connectivity index (χ1n) is 8.28. The number of hydrogen-bond donors (Lipinski definition) is 1. The van der Waals surface area contributed by atoms with Gasteiger partial charge in [0.05, 0.1) is 23.5 Å². The van der Waals surface area contributed by atoms with Crippen molar-refractivity contribution >= 4 is 12.0 Å². The van der Waals surface area contributed by atoms with Crippen molar-refractivity contribution in [3.63, 3.8) is 0 Å². The quantitative estimate of drug-likeness (QED) is 0.915. The molecule has 1 aromatic heterocycles. The Labute approximate surface area is 136 Å². The van der Waals surface area contributed by atoms with E-state index >= 15 is 0 Å². The van der Waals surface area contributed by atoms with Gasteiger partial charge in [0.25, 0.3) is 5.91 Å². The second-order valence-corrected chi connectivity index (χ2v) is 6.53. The minimum Gasteiger partial charge on any atom is -0.448 e. The molecule has 7 nitrogen and oxygen atoms in total. The molecule has 3 heterocycles. The Balaban J connectivity index is 1.70. The topological polar surface area (TPSA) is 76.5 Å². The highest BCUT2D eigenvalue weighted by Gasteiger charge is 2.28. The molecule has 0 spiro atoms. The molecule has 126 valence electrons. The first kappa shape index (κ1) is 15.8. The van der Waals surface area contributed by atoms with Gasteiger partial charge in [0, 0.05) is 18.6 Å². The van der Waals surface area contributed by atoms with Crippen molar-refractivity contribution in [2.24, 2.45) is 0 Å². The fraction of sp³-hybridized carbons (Fsp3) is 0.688. The second kappa shape index (κ2) is 6.22. The highest BCUT2D eigenvalue weighted by atomic mass is 16.6. The number of amides is 2. The molecule has 3 rings (SSSR count). The monoisotopic (exact) mass is 320 g/mol. The minimum atomic E-state index is -0.306. The van der Waals surface area contributed by atoms with Gasteiger partial charge in [-0.2, -0.15) is 5.10 Å². The van der Waals surface area contributed by atoms with Crippen molar-refractivity contribution in [3.05, 3.63) is 17.0 Å². The summed E-state index contributed by atoms with van der Waals surface area (Å²) < 4.78 is 6.91. The van der Waals surface area contributed by atoms with Crippen LogP contribution in [0.15, 0.2) is 0 Å². The zero-order chi connectivity index (χ0) is 16.6. The second-order valence-electron chi connectivity index (χ2n) is 6.53. The highest BCUT2D eigenvalue weighted by Crippen LogP contribution is 2.27. The largest absolute Gasteiger partial charge is 0.448 e. The summed E-state index contributed by atoms with van der Waals surface area (Å²) in [7, 11) is 0. The van der Waals surface area contributed by atoms with Gasteiger partial charge in [-0.25, -0.2) is 4.79 Å². The van der Waals surface area contributed by atoms with Crippen LogP contribution < -0.4 is 5.32 Å². The first-order chi connectivity index (χ1) is 11.0. The van der Waals surface area contributed by atoms with E-state index in [0.29, 0.717) is 31.3 Å². The van der Waals surface area contributed by atoms with Gasteiger partial charge in [0.2, 0.25) is 0 Å². The number of rotatable bonds is 4. The Hall–Kier alpha value is -2.05. The van der Waals surface area contributed by atoms with Crippen molar-refractivity contribution < 1.29 is 14.3 Å². The van der Waals surface area contributed by atoms with E-state index in [4.69, 9.17) is 4.74 Å². The maximum atomic E-state index is 12.7. The molecule has 0 radical (unpaired) electrons. The van der Waals surface area contributed by atoms with Crippen LogP contribution in [-0.2, 0) is 11.2 Å². The molecule has 2 aliphatic heterocycles. The summed E-state index contributed by atoms with van der Waals surface area (Å²) in [5.41, 5.74) is 2.51. The molecule has 1 saturated heterocycles. The van der Waals surface area contributed by atoms with Gasteiger partial charge in [-0.15, -0.1) is 0 Å². The van der Waals surface area contributed by atoms with Crippen LogP contribution in [0.2, 0.25) is 0 Å². The summed E-state index contributed by atoms with van der Waals surface area (Å²) >= 11 is 0. The lowest BCUT2D eigenvalue weighted by atomic mass is 10.0. The first-order valence-corrected chi connectivity index (χ1v) is 8.28. The normalized spacial score (nSPS) is 21.8. The van der Waals surface area contributed by atoms with Crippen molar-refractivity contribution in [2.75, 3.05) is 19.7 Å². The average molecular weight is 320 g/mol. The van der Waals surface area contributed by atoms with Crippen LogP contribution in [0.3, 0.4) is 0 Å². The predicted octanol–water partition coefficient (Wildman–Crippen LogP) is 1.66. The summed E-state index contributed by atoms with van der Waals surface area (Å²) in [6, 6.07) is 0.208. The van der Waals surface area contributed by atoms with Gasteiger partial charge in [-0.3, -0.25) is 9.48 Å². The van der Waals surface area contributed by atoms with Crippen LogP contribution >= 0.6 is 0 Å². The summed E-state index contributed by atoms with van der Waals surface area (Å²) in [5, 5.41) is 7.54. The number of fused-ring (bicyclic) bond motifs is 1. The number of cyclic esters (lactones) is 1. The molecule has 2 amide bonds. The van der Waals surface area contributed by atoms with Gasteiger partial charge in [0.15, 0.2) is 0 Å². The molecule has 0 bridgehead atoms. The summed E-state index contributed by atoms with van der Waals surface area (Å²) in [6.07, 6.45) is 2.77. The van der Waals surface area contributed by atoms with Crippen LogP contribution in [0.4, 0.5) is 4.79 Å². The lowest BCUT2D eigenvalue weighted by Gasteiger charge is -2.22. The van der Waals surface area contributed by atoms with Gasteiger partial charge in [-0.1, -0.05) is 0 Å². The summed E-state index contributed by atoms with van der Waals surface area (Å²) in [6.45, 7) is 7.39. The van der Waals surface area contributed by atoms with Crippen molar-refractivity contribution in [1.82, 2.24) is 20.0 Å². The smallest absolute Gasteiger partial charge is 0.410 e. The van der Waals surface area contributed by atoms with E-state index in [1.165, 1.54) is 0 Å². The fourth-order valence-electron chi connectivity index (χ4n) is 3.45. The van der Waals surface area contributed by atoms with E-state index in [0.717, 1.165) is 30.7 Å². The van der Waals surface area contributed by atoms with Gasteiger partial charge in [0.1, 0.15) is 6.61 Å². The van der Waals surface area contributed by atoms with E-state index in [1.807, 2.05) is 18.5 Å². The number of aryl methyl sites for hydroxylation is 1. The number of ether oxygens (including phenoxy) is 1. The third-order valence-corrected chi connectivity index (χ3v) is 4.58. The van der Waals surface area contributed by atoms with Crippen molar-refractivity contribution in [1.29, 1.82) is 0 Å². The molecule has 0 aromatic carbocycles. The fourth-order valence-corrected chi connectivity index (χ4v) is 3.45. The molecule has 2 atom stereocenters. The summed E-state index contributed by atoms with van der Waals surface area (Å²) in [4.78, 5) is 25.8. The van der Waals surface area contributed by atoms with Crippen molar-refractivity contribution in [3.8, 4) is 0 Å². The Morgan fingerprint density at radius 2 is 2.30 bits per heavy atom. The maximum Gasteiger partial charge on any atom is 0.410 e. The molecule has 7 heteroatoms. The lowest BCUT2D eigenvalue weighted by Crippen LogP contribution is -2.42. The van der Waals surface area contributed by atoms with Gasteiger partial charge < -0.3 is 15.0 Å². The average Bonchev–Trinajstić information content (AvgIpc) is 3.03. The zero-order valence-electron chi connectivity index (χ0n) is 14.0. The van der Waals surface area contributed by atoms with Crippen molar-refractivity contribution in [2.45, 2.75) is 52.1 Å². The SMILES string of the molecule is Cc1nn2c(c1C(=O)NC(C)CN1CCOC1=O)CCCC2C. The van der Waals surface area contributed by atoms with E-state index in [9.17, 15) is 9.59 Å². The van der Waals surface area contributed by atoms with Gasteiger partial charge in [-0.05, 0) is 40.0 Å². The zero-order valence-corrected chi connectivity index (χ0v) is 14.0. The lowest BCUT2D eigenvalue weighted by molar-refractivity contribution is 0.0928. The number of hydrogen-bond acceptors (Lipinski definition) is 4. The van der Waals surface area contributed by atoms with Crippen LogP contribution in [0.1, 0.15) is 54.5 Å². The Morgan fingerprint density at radius 1 is 1.52 bits per heavy atom. The highest BCUT2D eigenvalue weighted by molar-refractivity contribution is 5.96. The van der Waals surface area contributed by atoms with Crippen LogP contribution in [0.25, 0.3) is 0 Å². The molecule has 2 aliphatic rings. The summed E-state index contributed by atoms with van der Waals surface area (Å²) in [5.74, 6) is -0.0992. The van der Waals surface area contributed by atoms with E-state index in [2.05, 4.69) is 17.3 Å². The minimum absolute atomic E-state index is 0.0992. The third-order valence-electron chi connectivity index (χ3n) is 4.58. The molecule has 2 unspecified atom stereocenters. The molecule has 1 aromatic rings. The Morgan fingerprint density at radius 3 is 3.00 bits per heavy atom. The Kier molecular flexibility index (Phi) is 4.28. The van der Waals surface area contributed by atoms with E-state index in [-0.39, 0.29) is 18.0 Å². The molecule has 0 aliphatic carbocycles. The molecule has 1 fully saturated rings.